The van der Waals surface area contributed by atoms with Crippen LogP contribution >= 0.6 is 0 Å². The zero-order chi connectivity index (χ0) is 21.7. The second kappa shape index (κ2) is 7.46. The number of allylic oxidation sites excluding steroid dienone is 1. The number of fused-ring (bicyclic) bond motifs is 5. The van der Waals surface area contributed by atoms with Crippen molar-refractivity contribution in [1.29, 1.82) is 0 Å². The average Bonchev–Trinajstić information content (AvgIpc) is 3.25. The summed E-state index contributed by atoms with van der Waals surface area (Å²) in [5, 5.41) is 0. The topological polar surface area (TPSA) is 66.9 Å². The van der Waals surface area contributed by atoms with Crippen molar-refractivity contribution >= 4 is 28.9 Å². The molecule has 0 bridgehead atoms. The summed E-state index contributed by atoms with van der Waals surface area (Å²) in [6, 6.07) is 15.9. The van der Waals surface area contributed by atoms with Crippen LogP contribution in [0.15, 0.2) is 60.7 Å². The Balaban J connectivity index is 1.65. The summed E-state index contributed by atoms with van der Waals surface area (Å²) >= 11 is 0. The van der Waals surface area contributed by atoms with Gasteiger partial charge in [0, 0.05) is 23.9 Å². The molecular weight excluding hydrogens is 392 g/mol. The summed E-state index contributed by atoms with van der Waals surface area (Å²) in [4.78, 5) is 43.8. The zero-order valence-electron chi connectivity index (χ0n) is 17.5. The largest absolute Gasteiger partial charge is 0.383 e. The van der Waals surface area contributed by atoms with Crippen LogP contribution in [0.25, 0.3) is 5.57 Å². The van der Waals surface area contributed by atoms with Gasteiger partial charge in [-0.1, -0.05) is 54.6 Å². The van der Waals surface area contributed by atoms with Crippen molar-refractivity contribution in [3.05, 3.63) is 71.8 Å². The maximum absolute atomic E-state index is 13.7. The number of benzene rings is 2. The minimum atomic E-state index is -0.730. The Hall–Kier alpha value is -3.25. The number of anilines is 1. The van der Waals surface area contributed by atoms with Crippen molar-refractivity contribution in [3.63, 3.8) is 0 Å². The number of methoxy groups -OCH3 is 1. The molecule has 6 nitrogen and oxygen atoms in total. The molecular formula is C25H24N2O4. The predicted molar refractivity (Wildman–Crippen MR) is 116 cm³/mol. The molecule has 2 aromatic carbocycles. The molecule has 0 aromatic heterocycles. The average molecular weight is 416 g/mol. The molecule has 0 unspecified atom stereocenters. The standard InChI is InChI=1S/C25H24N2O4/c1-15-14-19-20-21(25(30)26(24(20)29)12-13-31-2)22(23(28)16-8-4-3-5-9-16)27(19)18-11-7-6-10-17(15)18/h3-11,14,19-22H,12-13H2,1-2H3/t19-,20+,21+,22-/m1/s1. The van der Waals surface area contributed by atoms with Crippen molar-refractivity contribution < 1.29 is 19.1 Å². The second-order valence-electron chi connectivity index (χ2n) is 8.31. The van der Waals surface area contributed by atoms with Gasteiger partial charge in [0.2, 0.25) is 11.8 Å². The Bertz CT molecular complexity index is 1090. The van der Waals surface area contributed by atoms with Gasteiger partial charge in [0.25, 0.3) is 0 Å². The fourth-order valence-electron chi connectivity index (χ4n) is 5.34. The molecule has 3 aliphatic heterocycles. The highest BCUT2D eigenvalue weighted by molar-refractivity contribution is 6.14. The van der Waals surface area contributed by atoms with Gasteiger partial charge in [-0.25, -0.2) is 0 Å². The molecule has 3 aliphatic rings. The van der Waals surface area contributed by atoms with Crippen LogP contribution in [0.3, 0.4) is 0 Å². The summed E-state index contributed by atoms with van der Waals surface area (Å²) in [5.41, 5.74) is 3.53. The molecule has 31 heavy (non-hydrogen) atoms. The third-order valence-corrected chi connectivity index (χ3v) is 6.69. The zero-order valence-corrected chi connectivity index (χ0v) is 17.5. The number of carbonyl (C=O) groups excluding carboxylic acids is 3. The van der Waals surface area contributed by atoms with E-state index in [2.05, 4.69) is 0 Å². The number of ketones is 1. The Morgan fingerprint density at radius 1 is 0.968 bits per heavy atom. The van der Waals surface area contributed by atoms with Crippen molar-refractivity contribution in [2.75, 3.05) is 25.2 Å². The normalized spacial score (nSPS) is 26.5. The number of hydrogen-bond donors (Lipinski definition) is 0. The van der Waals surface area contributed by atoms with Gasteiger partial charge in [0.1, 0.15) is 6.04 Å². The highest BCUT2D eigenvalue weighted by Gasteiger charge is 2.64. The van der Waals surface area contributed by atoms with Gasteiger partial charge >= 0.3 is 0 Å². The molecule has 6 heteroatoms. The van der Waals surface area contributed by atoms with E-state index in [1.165, 1.54) is 4.90 Å². The van der Waals surface area contributed by atoms with Crippen LogP contribution in [0.5, 0.6) is 0 Å². The fraction of sp³-hybridized carbons (Fsp3) is 0.320. The summed E-state index contributed by atoms with van der Waals surface area (Å²) in [6.45, 7) is 2.50. The third kappa shape index (κ3) is 2.86. The SMILES string of the molecule is COCCN1C(=O)[C@@H]2[C@H](C1=O)[C@H](C(=O)c1ccccc1)N1c3ccccc3C(C)=C[C@H]21. The Morgan fingerprint density at radius 2 is 1.65 bits per heavy atom. The van der Waals surface area contributed by atoms with E-state index in [0.29, 0.717) is 5.56 Å². The van der Waals surface area contributed by atoms with E-state index in [9.17, 15) is 14.4 Å². The van der Waals surface area contributed by atoms with Crippen molar-refractivity contribution in [1.82, 2.24) is 4.90 Å². The van der Waals surface area contributed by atoms with E-state index in [1.54, 1.807) is 19.2 Å². The lowest BCUT2D eigenvalue weighted by molar-refractivity contribution is -0.141. The lowest BCUT2D eigenvalue weighted by atomic mass is 9.85. The van der Waals surface area contributed by atoms with Gasteiger partial charge in [0.15, 0.2) is 5.78 Å². The van der Waals surface area contributed by atoms with Gasteiger partial charge < -0.3 is 9.64 Å². The first-order valence-corrected chi connectivity index (χ1v) is 10.5. The molecule has 0 aliphatic carbocycles. The highest BCUT2D eigenvalue weighted by atomic mass is 16.5. The van der Waals surface area contributed by atoms with Crippen LogP contribution in [0.4, 0.5) is 5.69 Å². The van der Waals surface area contributed by atoms with Crippen molar-refractivity contribution in [2.45, 2.75) is 19.0 Å². The first kappa shape index (κ1) is 19.7. The van der Waals surface area contributed by atoms with Gasteiger partial charge in [-0.15, -0.1) is 0 Å². The number of nitrogens with zero attached hydrogens (tertiary/aromatic N) is 2. The summed E-state index contributed by atoms with van der Waals surface area (Å²) in [7, 11) is 1.54. The van der Waals surface area contributed by atoms with Gasteiger partial charge in [-0.05, 0) is 18.6 Å². The van der Waals surface area contributed by atoms with E-state index in [1.807, 2.05) is 60.4 Å². The van der Waals surface area contributed by atoms with E-state index < -0.39 is 17.9 Å². The van der Waals surface area contributed by atoms with Gasteiger partial charge in [-0.3, -0.25) is 19.3 Å². The Labute approximate surface area is 181 Å². The molecule has 0 N–H and O–H groups in total. The maximum Gasteiger partial charge on any atom is 0.235 e. The highest BCUT2D eigenvalue weighted by Crippen LogP contribution is 2.50. The molecule has 3 heterocycles. The molecule has 2 saturated heterocycles. The van der Waals surface area contributed by atoms with E-state index >= 15 is 0 Å². The minimum absolute atomic E-state index is 0.129. The number of Topliss-reactive ketones (excluding diaryl/α,β-unsaturated/α-hetero) is 1. The fourth-order valence-corrected chi connectivity index (χ4v) is 5.34. The van der Waals surface area contributed by atoms with Crippen LogP contribution in [0.2, 0.25) is 0 Å². The number of para-hydroxylation sites is 1. The van der Waals surface area contributed by atoms with E-state index in [-0.39, 0.29) is 36.8 Å². The monoisotopic (exact) mass is 416 g/mol. The number of likely N-dealkylation sites (tertiary alicyclic amines) is 1. The van der Waals surface area contributed by atoms with Gasteiger partial charge in [0.05, 0.1) is 31.0 Å². The number of hydrogen-bond acceptors (Lipinski definition) is 5. The molecule has 0 spiro atoms. The first-order chi connectivity index (χ1) is 15.0. The van der Waals surface area contributed by atoms with Crippen LogP contribution in [-0.4, -0.2) is 54.8 Å². The number of carbonyl (C=O) groups is 3. The second-order valence-corrected chi connectivity index (χ2v) is 8.31. The number of amides is 2. The summed E-state index contributed by atoms with van der Waals surface area (Å²) in [6.07, 6.45) is 2.04. The maximum atomic E-state index is 13.7. The van der Waals surface area contributed by atoms with E-state index in [0.717, 1.165) is 16.8 Å². The molecule has 2 aromatic rings. The molecule has 5 rings (SSSR count). The van der Waals surface area contributed by atoms with Crippen LogP contribution in [0.1, 0.15) is 22.8 Å². The van der Waals surface area contributed by atoms with Crippen molar-refractivity contribution in [3.8, 4) is 0 Å². The quantitative estimate of drug-likeness (QED) is 0.554. The predicted octanol–water partition coefficient (Wildman–Crippen LogP) is 2.79. The first-order valence-electron chi connectivity index (χ1n) is 10.5. The lowest BCUT2D eigenvalue weighted by Gasteiger charge is -2.38. The number of imide groups is 1. The van der Waals surface area contributed by atoms with Crippen LogP contribution in [0, 0.1) is 11.8 Å². The van der Waals surface area contributed by atoms with Crippen LogP contribution < -0.4 is 4.90 Å². The summed E-state index contributed by atoms with van der Waals surface area (Å²) in [5.74, 6) is -1.91. The molecule has 4 atom stereocenters. The van der Waals surface area contributed by atoms with Crippen molar-refractivity contribution in [2.24, 2.45) is 11.8 Å². The van der Waals surface area contributed by atoms with E-state index in [4.69, 9.17) is 4.74 Å². The number of rotatable bonds is 5. The van der Waals surface area contributed by atoms with Gasteiger partial charge in [-0.2, -0.15) is 0 Å². The molecule has 0 radical (unpaired) electrons. The van der Waals surface area contributed by atoms with Crippen LogP contribution in [-0.2, 0) is 14.3 Å². The smallest absolute Gasteiger partial charge is 0.235 e. The Morgan fingerprint density at radius 3 is 2.39 bits per heavy atom. The lowest BCUT2D eigenvalue weighted by Crippen LogP contribution is -2.49. The number of ether oxygens (including phenoxy) is 1. The summed E-state index contributed by atoms with van der Waals surface area (Å²) < 4.78 is 5.10. The third-order valence-electron chi connectivity index (χ3n) is 6.69. The molecule has 0 saturated carbocycles. The molecule has 2 fully saturated rings. The molecule has 2 amide bonds. The minimum Gasteiger partial charge on any atom is -0.383 e. The molecule has 158 valence electrons. The Kier molecular flexibility index (Phi) is 4.74.